The van der Waals surface area contributed by atoms with E-state index in [4.69, 9.17) is 9.15 Å². The Labute approximate surface area is 164 Å². The predicted octanol–water partition coefficient (Wildman–Crippen LogP) is 5.13. The first kappa shape index (κ1) is 18.1. The molecule has 0 aliphatic rings. The molecule has 1 N–H and O–H groups in total. The Bertz CT molecular complexity index is 1270. The van der Waals surface area contributed by atoms with Gasteiger partial charge in [0.05, 0.1) is 16.6 Å². The topological polar surface area (TPSA) is 101 Å². The molecule has 29 heavy (non-hydrogen) atoms. The maximum Gasteiger partial charge on any atom is 0.368 e. The molecule has 142 valence electrons. The van der Waals surface area contributed by atoms with Crippen LogP contribution in [-0.4, -0.2) is 11.1 Å². The number of rotatable bonds is 4. The Morgan fingerprint density at radius 3 is 2.31 bits per heavy atom. The molecule has 0 spiro atoms. The Balaban J connectivity index is 1.66. The second-order valence-corrected chi connectivity index (χ2v) is 6.04. The zero-order chi connectivity index (χ0) is 20.2. The number of nitrogens with zero attached hydrogens (tertiary/aromatic N) is 2. The second kappa shape index (κ2) is 7.77. The number of hydrogen-bond acceptors (Lipinski definition) is 7. The smallest absolute Gasteiger partial charge is 0.368 e. The lowest BCUT2D eigenvalue weighted by atomic mass is 10.2. The molecule has 3 aromatic carbocycles. The quantitative estimate of drug-likeness (QED) is 0.227. The van der Waals surface area contributed by atoms with Gasteiger partial charge in [-0.05, 0) is 36.4 Å². The van der Waals surface area contributed by atoms with Crippen molar-refractivity contribution < 1.29 is 19.1 Å². The highest BCUT2D eigenvalue weighted by molar-refractivity contribution is 5.92. The molecule has 0 bridgehead atoms. The van der Waals surface area contributed by atoms with Crippen molar-refractivity contribution in [3.8, 4) is 11.5 Å². The van der Waals surface area contributed by atoms with Gasteiger partial charge in [-0.25, -0.2) is 9.59 Å². The van der Waals surface area contributed by atoms with Gasteiger partial charge in [-0.3, -0.25) is 0 Å². The molecule has 0 fully saturated rings. The lowest BCUT2D eigenvalue weighted by molar-refractivity contribution is 0.0735. The highest BCUT2D eigenvalue weighted by Crippen LogP contribution is 2.34. The van der Waals surface area contributed by atoms with Crippen molar-refractivity contribution in [2.75, 3.05) is 0 Å². The van der Waals surface area contributed by atoms with E-state index in [2.05, 4.69) is 10.2 Å². The molecule has 0 unspecified atom stereocenters. The van der Waals surface area contributed by atoms with Gasteiger partial charge < -0.3 is 14.3 Å². The first-order valence-corrected chi connectivity index (χ1v) is 8.65. The summed E-state index contributed by atoms with van der Waals surface area (Å²) in [7, 11) is 0. The van der Waals surface area contributed by atoms with Crippen LogP contribution in [0.2, 0.25) is 0 Å². The molecule has 0 aliphatic heterocycles. The largest absolute Gasteiger partial charge is 0.505 e. The third kappa shape index (κ3) is 3.89. The molecule has 0 saturated heterocycles. The average Bonchev–Trinajstić information content (AvgIpc) is 2.75. The number of azo groups is 1. The minimum atomic E-state index is -0.860. The molecule has 0 atom stereocenters. The summed E-state index contributed by atoms with van der Waals surface area (Å²) in [6.07, 6.45) is 0. The van der Waals surface area contributed by atoms with Gasteiger partial charge in [0.15, 0.2) is 5.75 Å². The van der Waals surface area contributed by atoms with Crippen molar-refractivity contribution in [1.29, 1.82) is 0 Å². The molecule has 0 saturated carbocycles. The molecule has 7 heteroatoms. The summed E-state index contributed by atoms with van der Waals surface area (Å²) >= 11 is 0. The summed E-state index contributed by atoms with van der Waals surface area (Å²) in [6.45, 7) is 0. The van der Waals surface area contributed by atoms with Crippen LogP contribution in [0.3, 0.4) is 0 Å². The monoisotopic (exact) mass is 386 g/mol. The van der Waals surface area contributed by atoms with Gasteiger partial charge in [-0.2, -0.15) is 5.11 Å². The minimum absolute atomic E-state index is 0.0597. The third-order valence-electron chi connectivity index (χ3n) is 4.07. The van der Waals surface area contributed by atoms with Gasteiger partial charge >= 0.3 is 11.6 Å². The van der Waals surface area contributed by atoms with Crippen molar-refractivity contribution in [2.45, 2.75) is 0 Å². The fourth-order valence-electron chi connectivity index (χ4n) is 2.65. The number of esters is 1. The van der Waals surface area contributed by atoms with Crippen LogP contribution < -0.4 is 10.4 Å². The number of fused-ring (bicyclic) bond motifs is 1. The average molecular weight is 386 g/mol. The highest BCUT2D eigenvalue weighted by atomic mass is 16.5. The normalized spacial score (nSPS) is 11.0. The molecular weight excluding hydrogens is 372 g/mol. The fourth-order valence-corrected chi connectivity index (χ4v) is 2.65. The van der Waals surface area contributed by atoms with Crippen molar-refractivity contribution in [3.05, 3.63) is 94.8 Å². The molecule has 7 nitrogen and oxygen atoms in total. The van der Waals surface area contributed by atoms with Gasteiger partial charge in [0.25, 0.3) is 0 Å². The molecular formula is C22H14N2O5. The molecule has 0 amide bonds. The first-order valence-electron chi connectivity index (χ1n) is 8.65. The van der Waals surface area contributed by atoms with Gasteiger partial charge in [0.2, 0.25) is 5.69 Å². The Morgan fingerprint density at radius 1 is 0.897 bits per heavy atom. The van der Waals surface area contributed by atoms with Crippen LogP contribution in [0.4, 0.5) is 11.4 Å². The van der Waals surface area contributed by atoms with Crippen molar-refractivity contribution in [2.24, 2.45) is 10.2 Å². The second-order valence-electron chi connectivity index (χ2n) is 6.04. The van der Waals surface area contributed by atoms with Crippen LogP contribution in [0.25, 0.3) is 11.0 Å². The Morgan fingerprint density at radius 2 is 1.59 bits per heavy atom. The number of benzene rings is 3. The van der Waals surface area contributed by atoms with Crippen LogP contribution in [0.1, 0.15) is 10.4 Å². The summed E-state index contributed by atoms with van der Waals surface area (Å²) < 4.78 is 10.5. The van der Waals surface area contributed by atoms with Gasteiger partial charge in [-0.1, -0.05) is 36.4 Å². The van der Waals surface area contributed by atoms with Crippen LogP contribution in [0, 0.1) is 0 Å². The number of carbonyl (C=O) groups is 1. The summed E-state index contributed by atoms with van der Waals surface area (Å²) in [4.78, 5) is 24.4. The van der Waals surface area contributed by atoms with E-state index in [9.17, 15) is 14.7 Å². The Kier molecular flexibility index (Phi) is 4.86. The zero-order valence-corrected chi connectivity index (χ0v) is 15.0. The zero-order valence-electron chi connectivity index (χ0n) is 15.0. The highest BCUT2D eigenvalue weighted by Gasteiger charge is 2.16. The third-order valence-corrected chi connectivity index (χ3v) is 4.07. The Hall–Kier alpha value is -4.26. The predicted molar refractivity (Wildman–Crippen MR) is 106 cm³/mol. The summed E-state index contributed by atoms with van der Waals surface area (Å²) in [6, 6.07) is 21.6. The van der Waals surface area contributed by atoms with Crippen LogP contribution >= 0.6 is 0 Å². The van der Waals surface area contributed by atoms with E-state index >= 15 is 0 Å². The summed E-state index contributed by atoms with van der Waals surface area (Å²) in [5.74, 6) is -0.741. The van der Waals surface area contributed by atoms with E-state index in [1.54, 1.807) is 54.6 Å². The standard InChI is InChI=1S/C22H14N2O5/c25-20-17-12-11-16(28-21(26)14-7-3-1-4-8-14)13-18(17)29-22(27)19(20)24-23-15-9-5-2-6-10-15/h1-13,25H. The van der Waals surface area contributed by atoms with E-state index < -0.39 is 11.6 Å². The number of carbonyl (C=O) groups excluding carboxylic acids is 1. The number of ether oxygens (including phenoxy) is 1. The van der Waals surface area contributed by atoms with E-state index in [1.807, 2.05) is 6.07 Å². The molecule has 4 aromatic rings. The van der Waals surface area contributed by atoms with Crippen LogP contribution in [0.15, 0.2) is 98.3 Å². The maximum atomic E-state index is 12.2. The number of hydrogen-bond donors (Lipinski definition) is 1. The van der Waals surface area contributed by atoms with Crippen molar-refractivity contribution in [3.63, 3.8) is 0 Å². The van der Waals surface area contributed by atoms with Gasteiger partial charge in [-0.15, -0.1) is 5.11 Å². The fraction of sp³-hybridized carbons (Fsp3) is 0. The maximum absolute atomic E-state index is 12.2. The van der Waals surface area contributed by atoms with Crippen molar-refractivity contribution >= 4 is 28.3 Å². The molecule has 4 rings (SSSR count). The summed E-state index contributed by atoms with van der Waals surface area (Å²) in [5, 5.41) is 18.4. The van der Waals surface area contributed by atoms with E-state index in [0.29, 0.717) is 11.3 Å². The minimum Gasteiger partial charge on any atom is -0.505 e. The summed E-state index contributed by atoms with van der Waals surface area (Å²) in [5.41, 5.74) is -0.204. The van der Waals surface area contributed by atoms with E-state index in [1.165, 1.54) is 18.2 Å². The van der Waals surface area contributed by atoms with Crippen molar-refractivity contribution in [1.82, 2.24) is 0 Å². The lowest BCUT2D eigenvalue weighted by Gasteiger charge is -2.06. The van der Waals surface area contributed by atoms with Gasteiger partial charge in [0, 0.05) is 6.07 Å². The SMILES string of the molecule is O=C(Oc1ccc2c(O)c(N=Nc3ccccc3)c(=O)oc2c1)c1ccccc1. The van der Waals surface area contributed by atoms with Crippen LogP contribution in [-0.2, 0) is 0 Å². The van der Waals surface area contributed by atoms with Gasteiger partial charge in [0.1, 0.15) is 11.3 Å². The molecule has 1 heterocycles. The first-order chi connectivity index (χ1) is 14.1. The van der Waals surface area contributed by atoms with E-state index in [-0.39, 0.29) is 28.2 Å². The number of aromatic hydroxyl groups is 1. The molecule has 0 radical (unpaired) electrons. The lowest BCUT2D eigenvalue weighted by Crippen LogP contribution is -2.08. The molecule has 1 aromatic heterocycles. The van der Waals surface area contributed by atoms with Crippen LogP contribution in [0.5, 0.6) is 11.5 Å². The molecule has 0 aliphatic carbocycles. The van der Waals surface area contributed by atoms with E-state index in [0.717, 1.165) is 0 Å².